The second kappa shape index (κ2) is 8.35. The van der Waals surface area contributed by atoms with Gasteiger partial charge in [0.15, 0.2) is 0 Å². The Kier molecular flexibility index (Phi) is 7.12. The molecule has 0 aliphatic rings. The third-order valence-corrected chi connectivity index (χ3v) is 4.75. The van der Waals surface area contributed by atoms with Crippen LogP contribution in [0.1, 0.15) is 52.1 Å². The number of nitrogens with one attached hydrogen (secondary N) is 1. The molecule has 0 aromatic carbocycles. The summed E-state index contributed by atoms with van der Waals surface area (Å²) in [7, 11) is 3.72. The van der Waals surface area contributed by atoms with Gasteiger partial charge in [0.25, 0.3) is 0 Å². The van der Waals surface area contributed by atoms with Crippen LogP contribution in [0.4, 0.5) is 0 Å². The molecular weight excluding hydrogens is 262 g/mol. The lowest BCUT2D eigenvalue weighted by molar-refractivity contribution is 0.0513. The second-order valence-corrected chi connectivity index (χ2v) is 5.36. The van der Waals surface area contributed by atoms with Gasteiger partial charge in [-0.25, -0.2) is 0 Å². The van der Waals surface area contributed by atoms with Crippen molar-refractivity contribution in [3.05, 3.63) is 24.0 Å². The van der Waals surface area contributed by atoms with Gasteiger partial charge < -0.3 is 10.1 Å². The van der Waals surface area contributed by atoms with E-state index in [1.54, 1.807) is 13.3 Å². The summed E-state index contributed by atoms with van der Waals surface area (Å²) in [5.74, 6) is 0.813. The van der Waals surface area contributed by atoms with Crippen LogP contribution in [0.2, 0.25) is 0 Å². The van der Waals surface area contributed by atoms with Gasteiger partial charge in [-0.05, 0) is 44.6 Å². The highest BCUT2D eigenvalue weighted by atomic mass is 16.5. The quantitative estimate of drug-likeness (QED) is 0.758. The molecule has 0 spiro atoms. The fraction of sp³-hybridized carbons (Fsp3) is 0.706. The van der Waals surface area contributed by atoms with E-state index in [2.05, 4.69) is 49.0 Å². The lowest BCUT2D eigenvalue weighted by Crippen LogP contribution is -2.55. The summed E-state index contributed by atoms with van der Waals surface area (Å²) < 4.78 is 5.34. The van der Waals surface area contributed by atoms with E-state index in [-0.39, 0.29) is 11.6 Å². The Labute approximate surface area is 129 Å². The summed E-state index contributed by atoms with van der Waals surface area (Å²) >= 11 is 0. The fourth-order valence-electron chi connectivity index (χ4n) is 3.59. The Morgan fingerprint density at radius 3 is 2.24 bits per heavy atom. The maximum absolute atomic E-state index is 5.34. The minimum atomic E-state index is 0.0896. The highest BCUT2D eigenvalue weighted by Crippen LogP contribution is 2.37. The maximum Gasteiger partial charge on any atom is 0.137 e. The number of aromatic nitrogens is 1. The SMILES string of the molecule is CCN(CC)C(CC)(CC)C(NC)c1cncc(OC)c1. The van der Waals surface area contributed by atoms with Crippen LogP contribution in [-0.4, -0.2) is 42.7 Å². The zero-order valence-electron chi connectivity index (χ0n) is 14.4. The number of methoxy groups -OCH3 is 1. The Morgan fingerprint density at radius 1 is 1.19 bits per heavy atom. The van der Waals surface area contributed by atoms with Crippen molar-refractivity contribution < 1.29 is 4.74 Å². The molecule has 21 heavy (non-hydrogen) atoms. The first-order valence-electron chi connectivity index (χ1n) is 8.04. The standard InChI is InChI=1S/C17H31N3O/c1-7-17(8-2,20(9-3)10-4)16(18-5)14-11-15(21-6)13-19-12-14/h11-13,16,18H,7-10H2,1-6H3. The number of rotatable bonds is 9. The molecule has 0 saturated carbocycles. The van der Waals surface area contributed by atoms with Gasteiger partial charge >= 0.3 is 0 Å². The van der Waals surface area contributed by atoms with Gasteiger partial charge in [-0.1, -0.05) is 27.7 Å². The van der Waals surface area contributed by atoms with E-state index in [0.717, 1.165) is 31.7 Å². The lowest BCUT2D eigenvalue weighted by Gasteiger charge is -2.48. The molecule has 0 radical (unpaired) electrons. The molecule has 0 fully saturated rings. The summed E-state index contributed by atoms with van der Waals surface area (Å²) in [6.07, 6.45) is 5.89. The molecule has 0 bridgehead atoms. The fourth-order valence-corrected chi connectivity index (χ4v) is 3.59. The predicted octanol–water partition coefficient (Wildman–Crippen LogP) is 3.25. The molecule has 1 heterocycles. The molecular formula is C17H31N3O. The summed E-state index contributed by atoms with van der Waals surface area (Å²) in [5, 5.41) is 3.52. The molecule has 1 atom stereocenters. The summed E-state index contributed by atoms with van der Waals surface area (Å²) in [6, 6.07) is 2.33. The van der Waals surface area contributed by atoms with Crippen LogP contribution in [0.5, 0.6) is 5.75 Å². The van der Waals surface area contributed by atoms with E-state index >= 15 is 0 Å². The zero-order chi connectivity index (χ0) is 15.9. The van der Waals surface area contributed by atoms with Crippen molar-refractivity contribution in [1.82, 2.24) is 15.2 Å². The third-order valence-electron chi connectivity index (χ3n) is 4.75. The average molecular weight is 293 g/mol. The van der Waals surface area contributed by atoms with E-state index in [1.807, 2.05) is 13.2 Å². The smallest absolute Gasteiger partial charge is 0.137 e. The van der Waals surface area contributed by atoms with E-state index < -0.39 is 0 Å². The zero-order valence-corrected chi connectivity index (χ0v) is 14.4. The van der Waals surface area contributed by atoms with E-state index in [4.69, 9.17) is 4.74 Å². The van der Waals surface area contributed by atoms with Gasteiger partial charge in [-0.3, -0.25) is 9.88 Å². The molecule has 0 aliphatic carbocycles. The normalized spacial score (nSPS) is 13.5. The molecule has 0 amide bonds. The van der Waals surface area contributed by atoms with Crippen LogP contribution >= 0.6 is 0 Å². The summed E-state index contributed by atoms with van der Waals surface area (Å²) in [4.78, 5) is 6.90. The minimum absolute atomic E-state index is 0.0896. The van der Waals surface area contributed by atoms with E-state index in [0.29, 0.717) is 0 Å². The number of ether oxygens (including phenoxy) is 1. The van der Waals surface area contributed by atoms with Crippen molar-refractivity contribution in [2.75, 3.05) is 27.2 Å². The van der Waals surface area contributed by atoms with Crippen molar-refractivity contribution in [1.29, 1.82) is 0 Å². The molecule has 1 unspecified atom stereocenters. The first-order chi connectivity index (χ1) is 10.1. The largest absolute Gasteiger partial charge is 0.495 e. The molecule has 0 aliphatic heterocycles. The lowest BCUT2D eigenvalue weighted by atomic mass is 9.79. The van der Waals surface area contributed by atoms with Gasteiger partial charge in [0.2, 0.25) is 0 Å². The van der Waals surface area contributed by atoms with Crippen molar-refractivity contribution in [3.63, 3.8) is 0 Å². The van der Waals surface area contributed by atoms with Crippen LogP contribution in [0.25, 0.3) is 0 Å². The molecule has 4 heteroatoms. The Bertz CT molecular complexity index is 414. The number of nitrogens with zero attached hydrogens (tertiary/aromatic N) is 2. The van der Waals surface area contributed by atoms with Gasteiger partial charge in [-0.15, -0.1) is 0 Å². The molecule has 1 aromatic heterocycles. The number of hydrogen-bond donors (Lipinski definition) is 1. The Balaban J connectivity index is 3.29. The van der Waals surface area contributed by atoms with Crippen LogP contribution in [0, 0.1) is 0 Å². The minimum Gasteiger partial charge on any atom is -0.495 e. The highest BCUT2D eigenvalue weighted by molar-refractivity contribution is 5.28. The Morgan fingerprint density at radius 2 is 1.81 bits per heavy atom. The second-order valence-electron chi connectivity index (χ2n) is 5.36. The monoisotopic (exact) mass is 293 g/mol. The average Bonchev–Trinajstić information content (AvgIpc) is 2.55. The van der Waals surface area contributed by atoms with E-state index in [1.165, 1.54) is 5.56 Å². The van der Waals surface area contributed by atoms with Crippen LogP contribution < -0.4 is 10.1 Å². The number of likely N-dealkylation sites (N-methyl/N-ethyl adjacent to an activating group) is 2. The van der Waals surface area contributed by atoms with Crippen molar-refractivity contribution in [3.8, 4) is 5.75 Å². The first kappa shape index (κ1) is 17.9. The molecule has 0 saturated heterocycles. The van der Waals surface area contributed by atoms with E-state index in [9.17, 15) is 0 Å². The Hall–Kier alpha value is -1.13. The predicted molar refractivity (Wildman–Crippen MR) is 88.8 cm³/mol. The number of hydrogen-bond acceptors (Lipinski definition) is 4. The van der Waals surface area contributed by atoms with Gasteiger partial charge in [-0.2, -0.15) is 0 Å². The third kappa shape index (κ3) is 3.55. The highest BCUT2D eigenvalue weighted by Gasteiger charge is 2.40. The molecule has 1 aromatic rings. The van der Waals surface area contributed by atoms with Crippen molar-refractivity contribution in [2.24, 2.45) is 0 Å². The topological polar surface area (TPSA) is 37.4 Å². The molecule has 120 valence electrons. The summed E-state index contributed by atoms with van der Waals surface area (Å²) in [6.45, 7) is 11.1. The molecule has 1 rings (SSSR count). The maximum atomic E-state index is 5.34. The molecule has 1 N–H and O–H groups in total. The first-order valence-corrected chi connectivity index (χ1v) is 8.04. The van der Waals surface area contributed by atoms with Crippen LogP contribution in [0.3, 0.4) is 0 Å². The van der Waals surface area contributed by atoms with Crippen molar-refractivity contribution >= 4 is 0 Å². The van der Waals surface area contributed by atoms with Gasteiger partial charge in [0, 0.05) is 11.7 Å². The van der Waals surface area contributed by atoms with Gasteiger partial charge in [0.1, 0.15) is 5.75 Å². The van der Waals surface area contributed by atoms with Gasteiger partial charge in [0.05, 0.1) is 19.3 Å². The van der Waals surface area contributed by atoms with Crippen LogP contribution in [-0.2, 0) is 0 Å². The molecule has 4 nitrogen and oxygen atoms in total. The summed E-state index contributed by atoms with van der Waals surface area (Å²) in [5.41, 5.74) is 1.28. The number of pyridine rings is 1. The van der Waals surface area contributed by atoms with Crippen LogP contribution in [0.15, 0.2) is 18.5 Å². The van der Waals surface area contributed by atoms with Crippen molar-refractivity contribution in [2.45, 2.75) is 52.1 Å².